The molecule has 0 atom stereocenters. The highest BCUT2D eigenvalue weighted by Gasteiger charge is 2.24. The van der Waals surface area contributed by atoms with Gasteiger partial charge in [0.25, 0.3) is 0 Å². The van der Waals surface area contributed by atoms with Crippen molar-refractivity contribution in [2.45, 2.75) is 60.4 Å². The molecule has 106 valence electrons. The molecule has 1 aromatic rings. The minimum Gasteiger partial charge on any atom is -0.507 e. The van der Waals surface area contributed by atoms with Crippen LogP contribution in [0.2, 0.25) is 0 Å². The molecule has 0 fully saturated rings. The Kier molecular flexibility index (Phi) is 4.44. The normalized spacial score (nSPS) is 13.2. The lowest BCUT2D eigenvalue weighted by Crippen LogP contribution is -2.25. The second-order valence-electron chi connectivity index (χ2n) is 7.31. The minimum absolute atomic E-state index is 0.0715. The fourth-order valence-electron chi connectivity index (χ4n) is 2.66. The first kappa shape index (κ1) is 15.7. The molecule has 0 spiro atoms. The smallest absolute Gasteiger partial charge is 0.121 e. The number of hydrogen-bond acceptors (Lipinski definition) is 2. The van der Waals surface area contributed by atoms with E-state index in [0.29, 0.717) is 5.75 Å². The van der Waals surface area contributed by atoms with E-state index < -0.39 is 0 Å². The fourth-order valence-corrected chi connectivity index (χ4v) is 2.66. The first-order valence-corrected chi connectivity index (χ1v) is 6.86. The summed E-state index contributed by atoms with van der Waals surface area (Å²) in [5.41, 5.74) is 3.04. The molecule has 1 aromatic carbocycles. The molecule has 0 aliphatic heterocycles. The van der Waals surface area contributed by atoms with Crippen molar-refractivity contribution in [3.63, 3.8) is 0 Å². The first-order chi connectivity index (χ1) is 8.50. The van der Waals surface area contributed by atoms with Gasteiger partial charge in [-0.05, 0) is 68.4 Å². The van der Waals surface area contributed by atoms with E-state index in [2.05, 4.69) is 34.6 Å². The van der Waals surface area contributed by atoms with Crippen LogP contribution >= 0.6 is 0 Å². The van der Waals surface area contributed by atoms with Gasteiger partial charge in [-0.2, -0.15) is 0 Å². The molecule has 2 nitrogen and oxygen atoms in total. The van der Waals surface area contributed by atoms with Crippen molar-refractivity contribution < 1.29 is 5.11 Å². The van der Waals surface area contributed by atoms with Crippen molar-refractivity contribution in [2.24, 2.45) is 10.4 Å². The Bertz CT molecular complexity index is 456. The van der Waals surface area contributed by atoms with Crippen molar-refractivity contribution >= 4 is 6.21 Å². The monoisotopic (exact) mass is 261 g/mol. The largest absolute Gasteiger partial charge is 0.507 e. The lowest BCUT2D eigenvalue weighted by molar-refractivity contribution is 0.289. The number of aromatic hydroxyl groups is 1. The average molecular weight is 261 g/mol. The summed E-state index contributed by atoms with van der Waals surface area (Å²) in [4.78, 5) is 4.72. The summed E-state index contributed by atoms with van der Waals surface area (Å²) in [6.07, 6.45) is 2.96. The van der Waals surface area contributed by atoms with E-state index >= 15 is 0 Å². The Balaban J connectivity index is 2.93. The highest BCUT2D eigenvalue weighted by atomic mass is 16.3. The number of nitrogens with zero attached hydrogens (tertiary/aromatic N) is 1. The van der Waals surface area contributed by atoms with Crippen LogP contribution < -0.4 is 0 Å². The van der Waals surface area contributed by atoms with Crippen LogP contribution in [-0.4, -0.2) is 16.9 Å². The van der Waals surface area contributed by atoms with Crippen molar-refractivity contribution in [3.8, 4) is 5.75 Å². The standard InChI is InChI=1S/C17H27NO/c1-12-8-14(9-13(2)15(12)19)10-18-17(6,7)11-16(3,4)5/h8-10,19H,11H2,1-7H3. The summed E-state index contributed by atoms with van der Waals surface area (Å²) in [7, 11) is 0. The van der Waals surface area contributed by atoms with E-state index in [1.807, 2.05) is 32.2 Å². The number of rotatable bonds is 3. The Labute approximate surface area is 117 Å². The predicted octanol–water partition coefficient (Wildman–Crippen LogP) is 4.64. The second-order valence-corrected chi connectivity index (χ2v) is 7.31. The number of aryl methyl sites for hydroxylation is 2. The number of phenolic OH excluding ortho intramolecular Hbond substituents is 1. The molecule has 0 aromatic heterocycles. The summed E-state index contributed by atoms with van der Waals surface area (Å²) in [5.74, 6) is 0.381. The molecular formula is C17H27NO. The van der Waals surface area contributed by atoms with E-state index in [9.17, 15) is 5.11 Å². The van der Waals surface area contributed by atoms with Crippen molar-refractivity contribution in [1.29, 1.82) is 0 Å². The lowest BCUT2D eigenvalue weighted by atomic mass is 9.82. The molecule has 1 rings (SSSR count). The van der Waals surface area contributed by atoms with Crippen molar-refractivity contribution in [3.05, 3.63) is 28.8 Å². The molecule has 0 saturated heterocycles. The quantitative estimate of drug-likeness (QED) is 0.790. The maximum atomic E-state index is 9.77. The molecule has 19 heavy (non-hydrogen) atoms. The van der Waals surface area contributed by atoms with Crippen molar-refractivity contribution in [2.75, 3.05) is 0 Å². The molecule has 0 heterocycles. The maximum Gasteiger partial charge on any atom is 0.121 e. The van der Waals surface area contributed by atoms with Crippen LogP contribution in [0.3, 0.4) is 0 Å². The molecule has 1 N–H and O–H groups in total. The van der Waals surface area contributed by atoms with Crippen LogP contribution in [0.5, 0.6) is 5.75 Å². The second kappa shape index (κ2) is 5.36. The Morgan fingerprint density at radius 3 is 1.95 bits per heavy atom. The number of benzene rings is 1. The Morgan fingerprint density at radius 1 is 1.05 bits per heavy atom. The third-order valence-electron chi connectivity index (χ3n) is 3.04. The molecular weight excluding hydrogens is 234 g/mol. The molecule has 0 saturated carbocycles. The van der Waals surface area contributed by atoms with Gasteiger partial charge in [-0.3, -0.25) is 4.99 Å². The zero-order valence-electron chi connectivity index (χ0n) is 13.3. The van der Waals surface area contributed by atoms with Gasteiger partial charge in [0, 0.05) is 6.21 Å². The summed E-state index contributed by atoms with van der Waals surface area (Å²) < 4.78 is 0. The van der Waals surface area contributed by atoms with E-state index in [4.69, 9.17) is 4.99 Å². The summed E-state index contributed by atoms with van der Waals surface area (Å²) in [5, 5.41) is 9.77. The Hall–Kier alpha value is -1.31. The third-order valence-corrected chi connectivity index (χ3v) is 3.04. The zero-order valence-corrected chi connectivity index (χ0v) is 13.3. The van der Waals surface area contributed by atoms with Gasteiger partial charge in [-0.25, -0.2) is 0 Å². The van der Waals surface area contributed by atoms with Gasteiger partial charge in [0.15, 0.2) is 0 Å². The molecule has 0 unspecified atom stereocenters. The van der Waals surface area contributed by atoms with E-state index in [0.717, 1.165) is 23.1 Å². The molecule has 2 heteroatoms. The summed E-state index contributed by atoms with van der Waals surface area (Å²) in [6, 6.07) is 3.94. The van der Waals surface area contributed by atoms with Gasteiger partial charge in [-0.15, -0.1) is 0 Å². The number of hydrogen-bond donors (Lipinski definition) is 1. The highest BCUT2D eigenvalue weighted by Crippen LogP contribution is 2.29. The number of aliphatic imine (C=N–C) groups is 1. The highest BCUT2D eigenvalue weighted by molar-refractivity contribution is 5.81. The first-order valence-electron chi connectivity index (χ1n) is 6.86. The van der Waals surface area contributed by atoms with Crippen LogP contribution in [-0.2, 0) is 0 Å². The fraction of sp³-hybridized carbons (Fsp3) is 0.588. The summed E-state index contributed by atoms with van der Waals surface area (Å²) >= 11 is 0. The molecule has 0 aliphatic carbocycles. The minimum atomic E-state index is -0.0715. The third kappa shape index (κ3) is 5.06. The van der Waals surface area contributed by atoms with Gasteiger partial charge in [0.05, 0.1) is 5.54 Å². The van der Waals surface area contributed by atoms with Gasteiger partial charge >= 0.3 is 0 Å². The van der Waals surface area contributed by atoms with Crippen LogP contribution in [0, 0.1) is 19.3 Å². The predicted molar refractivity (Wildman–Crippen MR) is 83.3 cm³/mol. The van der Waals surface area contributed by atoms with E-state index in [1.165, 1.54) is 0 Å². The Morgan fingerprint density at radius 2 is 1.53 bits per heavy atom. The van der Waals surface area contributed by atoms with Crippen LogP contribution in [0.1, 0.15) is 57.7 Å². The van der Waals surface area contributed by atoms with E-state index in [-0.39, 0.29) is 11.0 Å². The van der Waals surface area contributed by atoms with Crippen molar-refractivity contribution in [1.82, 2.24) is 0 Å². The molecule has 0 amide bonds. The maximum absolute atomic E-state index is 9.77. The zero-order chi connectivity index (χ0) is 14.8. The van der Waals surface area contributed by atoms with Crippen LogP contribution in [0.4, 0.5) is 0 Å². The topological polar surface area (TPSA) is 32.6 Å². The molecule has 0 aliphatic rings. The van der Waals surface area contributed by atoms with Gasteiger partial charge in [0.2, 0.25) is 0 Å². The van der Waals surface area contributed by atoms with Gasteiger partial charge in [-0.1, -0.05) is 20.8 Å². The number of phenols is 1. The average Bonchev–Trinajstić information content (AvgIpc) is 2.19. The SMILES string of the molecule is Cc1cc(C=NC(C)(C)CC(C)(C)C)cc(C)c1O. The molecule has 0 bridgehead atoms. The van der Waals surface area contributed by atoms with Gasteiger partial charge in [0.1, 0.15) is 5.75 Å². The van der Waals surface area contributed by atoms with Crippen LogP contribution in [0.25, 0.3) is 0 Å². The molecule has 0 radical (unpaired) electrons. The van der Waals surface area contributed by atoms with Gasteiger partial charge < -0.3 is 5.11 Å². The van der Waals surface area contributed by atoms with Crippen LogP contribution in [0.15, 0.2) is 17.1 Å². The lowest BCUT2D eigenvalue weighted by Gasteiger charge is -2.29. The van der Waals surface area contributed by atoms with E-state index in [1.54, 1.807) is 0 Å². The summed E-state index contributed by atoms with van der Waals surface area (Å²) in [6.45, 7) is 14.9.